The zero-order valence-corrected chi connectivity index (χ0v) is 10.5. The molecule has 0 aliphatic heterocycles. The number of imidazole rings is 1. The first-order valence-corrected chi connectivity index (χ1v) is 6.45. The fourth-order valence-corrected chi connectivity index (χ4v) is 2.70. The number of nitrogens with zero attached hydrogens (tertiary/aromatic N) is 1. The molecular formula is C15H18N2. The molecule has 0 amide bonds. The molecule has 1 heterocycles. The van der Waals surface area contributed by atoms with E-state index in [4.69, 9.17) is 0 Å². The number of H-pyrrole nitrogens is 1. The van der Waals surface area contributed by atoms with Crippen molar-refractivity contribution in [2.75, 3.05) is 0 Å². The van der Waals surface area contributed by atoms with Crippen LogP contribution in [0.4, 0.5) is 0 Å². The minimum absolute atomic E-state index is 1.03. The molecule has 17 heavy (non-hydrogen) atoms. The van der Waals surface area contributed by atoms with E-state index in [0.29, 0.717) is 0 Å². The van der Waals surface area contributed by atoms with Gasteiger partial charge in [-0.1, -0.05) is 25.1 Å². The van der Waals surface area contributed by atoms with Crippen LogP contribution in [0.2, 0.25) is 0 Å². The van der Waals surface area contributed by atoms with Gasteiger partial charge in [-0.15, -0.1) is 0 Å². The molecule has 0 unspecified atom stereocenters. The first kappa shape index (κ1) is 10.6. The van der Waals surface area contributed by atoms with Gasteiger partial charge in [0, 0.05) is 11.3 Å². The van der Waals surface area contributed by atoms with Gasteiger partial charge >= 0.3 is 0 Å². The Kier molecular flexibility index (Phi) is 2.50. The Bertz CT molecular complexity index is 552. The number of fused-ring (bicyclic) bond motifs is 3. The Hall–Kier alpha value is -1.57. The molecule has 1 aliphatic carbocycles. The van der Waals surface area contributed by atoms with Crippen molar-refractivity contribution >= 4 is 0 Å². The maximum atomic E-state index is 4.65. The van der Waals surface area contributed by atoms with Crippen LogP contribution in [0, 0.1) is 6.92 Å². The Morgan fingerprint density at radius 3 is 3.00 bits per heavy atom. The lowest BCUT2D eigenvalue weighted by Gasteiger charge is -2.07. The average Bonchev–Trinajstić information content (AvgIpc) is 2.62. The predicted molar refractivity (Wildman–Crippen MR) is 70.2 cm³/mol. The third kappa shape index (κ3) is 1.78. The van der Waals surface area contributed by atoms with Gasteiger partial charge in [0.15, 0.2) is 0 Å². The van der Waals surface area contributed by atoms with E-state index in [1.165, 1.54) is 40.9 Å². The maximum Gasteiger partial charge on any atom is 0.103 e. The topological polar surface area (TPSA) is 28.7 Å². The summed E-state index contributed by atoms with van der Waals surface area (Å²) in [5.41, 5.74) is 6.72. The normalized spacial score (nSPS) is 14.0. The summed E-state index contributed by atoms with van der Waals surface area (Å²) in [6.45, 7) is 4.25. The monoisotopic (exact) mass is 226 g/mol. The summed E-state index contributed by atoms with van der Waals surface area (Å²) in [5, 5.41) is 0. The number of aryl methyl sites for hydroxylation is 4. The molecule has 2 heteroatoms. The first-order valence-electron chi connectivity index (χ1n) is 6.45. The van der Waals surface area contributed by atoms with E-state index >= 15 is 0 Å². The van der Waals surface area contributed by atoms with Crippen LogP contribution in [0.5, 0.6) is 0 Å². The highest BCUT2D eigenvalue weighted by Crippen LogP contribution is 2.31. The summed E-state index contributed by atoms with van der Waals surface area (Å²) in [6, 6.07) is 6.84. The molecule has 0 atom stereocenters. The Morgan fingerprint density at radius 1 is 1.29 bits per heavy atom. The fourth-order valence-electron chi connectivity index (χ4n) is 2.70. The highest BCUT2D eigenvalue weighted by atomic mass is 14.9. The quantitative estimate of drug-likeness (QED) is 0.792. The number of aromatic nitrogens is 2. The highest BCUT2D eigenvalue weighted by Gasteiger charge is 2.17. The molecule has 2 aromatic rings. The molecule has 0 bridgehead atoms. The molecule has 0 spiro atoms. The highest BCUT2D eigenvalue weighted by molar-refractivity contribution is 5.67. The van der Waals surface area contributed by atoms with E-state index in [2.05, 4.69) is 35.1 Å². The summed E-state index contributed by atoms with van der Waals surface area (Å²) < 4.78 is 0. The van der Waals surface area contributed by atoms with Crippen LogP contribution in [-0.2, 0) is 19.3 Å². The van der Waals surface area contributed by atoms with Gasteiger partial charge in [0.25, 0.3) is 0 Å². The average molecular weight is 226 g/mol. The smallest absolute Gasteiger partial charge is 0.103 e. The summed E-state index contributed by atoms with van der Waals surface area (Å²) in [6.07, 6.45) is 4.62. The predicted octanol–water partition coefficient (Wildman–Crippen LogP) is 3.44. The number of hydrogen-bond acceptors (Lipinski definition) is 1. The molecule has 0 saturated carbocycles. The van der Waals surface area contributed by atoms with Gasteiger partial charge in [-0.3, -0.25) is 0 Å². The lowest BCUT2D eigenvalue weighted by atomic mass is 9.99. The Labute approximate surface area is 102 Å². The number of hydrogen-bond donors (Lipinski definition) is 1. The molecule has 1 aromatic heterocycles. The molecule has 88 valence electrons. The molecule has 1 aromatic carbocycles. The molecule has 3 rings (SSSR count). The number of aromatic amines is 1. The molecule has 1 aliphatic rings. The van der Waals surface area contributed by atoms with Crippen molar-refractivity contribution < 1.29 is 0 Å². The summed E-state index contributed by atoms with van der Waals surface area (Å²) in [7, 11) is 0. The Balaban J connectivity index is 2.18. The van der Waals surface area contributed by atoms with Crippen LogP contribution < -0.4 is 0 Å². The molecule has 0 saturated heterocycles. The number of benzene rings is 1. The van der Waals surface area contributed by atoms with E-state index in [1.54, 1.807) is 0 Å². The second kappa shape index (κ2) is 4.02. The van der Waals surface area contributed by atoms with E-state index in [0.717, 1.165) is 18.7 Å². The molecular weight excluding hydrogens is 208 g/mol. The third-order valence-electron chi connectivity index (χ3n) is 3.60. The first-order chi connectivity index (χ1) is 8.28. The van der Waals surface area contributed by atoms with Gasteiger partial charge in [-0.2, -0.15) is 0 Å². The standard InChI is InChI=1S/C15H18N2/c1-3-11-7-8-13-12(9-11)5-4-6-14-15(13)17-10(2)16-14/h7-9H,3-6H2,1-2H3,(H,16,17). The van der Waals surface area contributed by atoms with E-state index in [-0.39, 0.29) is 0 Å². The van der Waals surface area contributed by atoms with Gasteiger partial charge in [-0.05, 0) is 43.7 Å². The van der Waals surface area contributed by atoms with Crippen molar-refractivity contribution in [3.05, 3.63) is 40.8 Å². The SMILES string of the molecule is CCc1ccc2c(c1)CCCc1[nH]c(C)nc1-2. The van der Waals surface area contributed by atoms with Gasteiger partial charge in [0.05, 0.1) is 5.69 Å². The van der Waals surface area contributed by atoms with Crippen molar-refractivity contribution in [2.45, 2.75) is 39.5 Å². The van der Waals surface area contributed by atoms with Gasteiger partial charge < -0.3 is 4.98 Å². The van der Waals surface area contributed by atoms with Crippen molar-refractivity contribution in [1.29, 1.82) is 0 Å². The second-order valence-corrected chi connectivity index (χ2v) is 4.85. The summed E-state index contributed by atoms with van der Waals surface area (Å²) >= 11 is 0. The van der Waals surface area contributed by atoms with Crippen molar-refractivity contribution in [2.24, 2.45) is 0 Å². The maximum absolute atomic E-state index is 4.65. The fraction of sp³-hybridized carbons (Fsp3) is 0.400. The van der Waals surface area contributed by atoms with E-state index in [9.17, 15) is 0 Å². The van der Waals surface area contributed by atoms with Crippen LogP contribution in [-0.4, -0.2) is 9.97 Å². The number of rotatable bonds is 1. The van der Waals surface area contributed by atoms with Crippen molar-refractivity contribution in [1.82, 2.24) is 9.97 Å². The minimum atomic E-state index is 1.03. The molecule has 0 radical (unpaired) electrons. The molecule has 1 N–H and O–H groups in total. The minimum Gasteiger partial charge on any atom is -0.346 e. The van der Waals surface area contributed by atoms with Crippen LogP contribution in [0.3, 0.4) is 0 Å². The van der Waals surface area contributed by atoms with Crippen molar-refractivity contribution in [3.8, 4) is 11.3 Å². The largest absolute Gasteiger partial charge is 0.346 e. The summed E-state index contributed by atoms with van der Waals surface area (Å²) in [5.74, 6) is 1.03. The summed E-state index contributed by atoms with van der Waals surface area (Å²) in [4.78, 5) is 8.05. The van der Waals surface area contributed by atoms with E-state index < -0.39 is 0 Å². The van der Waals surface area contributed by atoms with E-state index in [1.807, 2.05) is 6.92 Å². The van der Waals surface area contributed by atoms with Gasteiger partial charge in [0.1, 0.15) is 5.82 Å². The number of nitrogens with one attached hydrogen (secondary N) is 1. The van der Waals surface area contributed by atoms with Crippen molar-refractivity contribution in [3.63, 3.8) is 0 Å². The van der Waals surface area contributed by atoms with Crippen LogP contribution in [0.15, 0.2) is 18.2 Å². The molecule has 0 fully saturated rings. The van der Waals surface area contributed by atoms with Gasteiger partial charge in [0.2, 0.25) is 0 Å². The molecule has 2 nitrogen and oxygen atoms in total. The Morgan fingerprint density at radius 2 is 2.18 bits per heavy atom. The lowest BCUT2D eigenvalue weighted by molar-refractivity contribution is 0.814. The van der Waals surface area contributed by atoms with Crippen LogP contribution in [0.1, 0.15) is 36.0 Å². The van der Waals surface area contributed by atoms with Crippen LogP contribution >= 0.6 is 0 Å². The zero-order chi connectivity index (χ0) is 11.8. The van der Waals surface area contributed by atoms with Gasteiger partial charge in [-0.25, -0.2) is 4.98 Å². The second-order valence-electron chi connectivity index (χ2n) is 4.85. The van der Waals surface area contributed by atoms with Crippen LogP contribution in [0.25, 0.3) is 11.3 Å². The lowest BCUT2D eigenvalue weighted by Crippen LogP contribution is -1.91. The third-order valence-corrected chi connectivity index (χ3v) is 3.60. The zero-order valence-electron chi connectivity index (χ0n) is 10.5.